The van der Waals surface area contributed by atoms with Crippen molar-refractivity contribution in [3.8, 4) is 0 Å². The highest BCUT2D eigenvalue weighted by Crippen LogP contribution is 2.11. The Morgan fingerprint density at radius 2 is 2.00 bits per heavy atom. The van der Waals surface area contributed by atoms with Gasteiger partial charge in [-0.25, -0.2) is 0 Å². The summed E-state index contributed by atoms with van der Waals surface area (Å²) in [6.07, 6.45) is 0. The SMILES string of the molecule is NC(=O)c1ccc2[nH][nH]c2c1. The zero-order valence-corrected chi connectivity index (χ0v) is 5.72. The van der Waals surface area contributed by atoms with E-state index in [-0.39, 0.29) is 0 Å². The first-order chi connectivity index (χ1) is 5.27. The van der Waals surface area contributed by atoms with Crippen LogP contribution in [0.1, 0.15) is 10.4 Å². The molecule has 2 aromatic rings. The van der Waals surface area contributed by atoms with E-state index in [4.69, 9.17) is 5.73 Å². The molecule has 1 aromatic carbocycles. The topological polar surface area (TPSA) is 74.7 Å². The number of H-pyrrole nitrogens is 2. The van der Waals surface area contributed by atoms with Crippen LogP contribution in [-0.2, 0) is 0 Å². The second-order valence-corrected chi connectivity index (χ2v) is 2.37. The van der Waals surface area contributed by atoms with Crippen LogP contribution in [0.3, 0.4) is 0 Å². The average molecular weight is 149 g/mol. The molecule has 0 aliphatic heterocycles. The smallest absolute Gasteiger partial charge is 0.248 e. The number of carbonyl (C=O) groups is 1. The Kier molecular flexibility index (Phi) is 1.03. The average Bonchev–Trinajstić information content (AvgIpc) is 1.91. The summed E-state index contributed by atoms with van der Waals surface area (Å²) in [4.78, 5) is 10.7. The molecule has 4 heteroatoms. The van der Waals surface area contributed by atoms with Crippen molar-refractivity contribution in [2.75, 3.05) is 0 Å². The van der Waals surface area contributed by atoms with E-state index < -0.39 is 5.91 Å². The molecule has 0 bridgehead atoms. The third-order valence-electron chi connectivity index (χ3n) is 1.64. The van der Waals surface area contributed by atoms with Crippen molar-refractivity contribution >= 4 is 16.9 Å². The lowest BCUT2D eigenvalue weighted by molar-refractivity contribution is 0.100. The number of amides is 1. The number of rotatable bonds is 1. The Morgan fingerprint density at radius 3 is 2.45 bits per heavy atom. The predicted octanol–water partition coefficient (Wildman–Crippen LogP) is 0.595. The fraction of sp³-hybridized carbons (Fsp3) is 0. The van der Waals surface area contributed by atoms with Gasteiger partial charge in [0, 0.05) is 5.56 Å². The van der Waals surface area contributed by atoms with Crippen LogP contribution in [0.2, 0.25) is 0 Å². The number of nitrogens with two attached hydrogens (primary N) is 1. The molecule has 2 rings (SSSR count). The molecule has 0 aliphatic rings. The van der Waals surface area contributed by atoms with Gasteiger partial charge in [0.25, 0.3) is 0 Å². The van der Waals surface area contributed by atoms with Crippen LogP contribution in [0.5, 0.6) is 0 Å². The molecule has 0 atom stereocenters. The van der Waals surface area contributed by atoms with Crippen molar-refractivity contribution in [1.29, 1.82) is 0 Å². The molecular formula is C7H7N3O. The van der Waals surface area contributed by atoms with Gasteiger partial charge < -0.3 is 5.73 Å². The second-order valence-electron chi connectivity index (χ2n) is 2.37. The minimum absolute atomic E-state index is 0.401. The molecule has 1 aromatic heterocycles. The zero-order chi connectivity index (χ0) is 7.84. The first-order valence-electron chi connectivity index (χ1n) is 3.23. The number of hydrogen-bond donors (Lipinski definition) is 3. The molecule has 11 heavy (non-hydrogen) atoms. The molecule has 56 valence electrons. The lowest BCUT2D eigenvalue weighted by atomic mass is 10.2. The number of carbonyl (C=O) groups excluding carboxylic acids is 1. The lowest BCUT2D eigenvalue weighted by Gasteiger charge is -2.03. The zero-order valence-electron chi connectivity index (χ0n) is 5.72. The minimum Gasteiger partial charge on any atom is -0.366 e. The highest BCUT2D eigenvalue weighted by atomic mass is 16.1. The Morgan fingerprint density at radius 1 is 1.27 bits per heavy atom. The van der Waals surface area contributed by atoms with Crippen LogP contribution >= 0.6 is 0 Å². The highest BCUT2D eigenvalue weighted by Gasteiger charge is 2.02. The monoisotopic (exact) mass is 149 g/mol. The molecule has 0 fully saturated rings. The van der Waals surface area contributed by atoms with Crippen molar-refractivity contribution in [1.82, 2.24) is 10.2 Å². The predicted molar refractivity (Wildman–Crippen MR) is 41.2 cm³/mol. The van der Waals surface area contributed by atoms with Crippen LogP contribution in [0.15, 0.2) is 18.2 Å². The third-order valence-corrected chi connectivity index (χ3v) is 1.64. The Hall–Kier alpha value is -1.71. The Bertz CT molecular complexity index is 398. The Balaban J connectivity index is 2.59. The van der Waals surface area contributed by atoms with Crippen molar-refractivity contribution in [3.05, 3.63) is 23.8 Å². The van der Waals surface area contributed by atoms with Crippen molar-refractivity contribution in [3.63, 3.8) is 0 Å². The van der Waals surface area contributed by atoms with E-state index in [0.717, 1.165) is 11.0 Å². The number of benzene rings is 1. The van der Waals surface area contributed by atoms with Gasteiger partial charge in [-0.05, 0) is 18.2 Å². The fourth-order valence-corrected chi connectivity index (χ4v) is 0.982. The standard InChI is InChI=1S/C7H7N3O/c8-7(11)4-1-2-5-6(3-4)10-9-5/h1-3,9-10H,(H2,8,11). The molecule has 0 radical (unpaired) electrons. The summed E-state index contributed by atoms with van der Waals surface area (Å²) < 4.78 is 0. The molecule has 0 spiro atoms. The van der Waals surface area contributed by atoms with E-state index >= 15 is 0 Å². The summed E-state index contributed by atoms with van der Waals surface area (Å²) >= 11 is 0. The minimum atomic E-state index is -0.401. The van der Waals surface area contributed by atoms with Gasteiger partial charge in [-0.2, -0.15) is 0 Å². The summed E-state index contributed by atoms with van der Waals surface area (Å²) in [5, 5.41) is 5.68. The van der Waals surface area contributed by atoms with Crippen LogP contribution < -0.4 is 5.73 Å². The molecule has 0 unspecified atom stereocenters. The largest absolute Gasteiger partial charge is 0.366 e. The maximum absolute atomic E-state index is 10.7. The van der Waals surface area contributed by atoms with Crippen molar-refractivity contribution < 1.29 is 4.79 Å². The second kappa shape index (κ2) is 1.88. The summed E-state index contributed by atoms with van der Waals surface area (Å²) in [6, 6.07) is 5.22. The van der Waals surface area contributed by atoms with Gasteiger partial charge in [-0.1, -0.05) is 0 Å². The first kappa shape index (κ1) is 6.03. The molecule has 1 amide bonds. The number of hydrogen-bond acceptors (Lipinski definition) is 1. The molecule has 4 N–H and O–H groups in total. The Labute approximate surface area is 62.4 Å². The number of nitrogens with one attached hydrogen (secondary N) is 2. The molecular weight excluding hydrogens is 142 g/mol. The molecule has 1 heterocycles. The maximum atomic E-state index is 10.7. The van der Waals surface area contributed by atoms with E-state index in [2.05, 4.69) is 10.2 Å². The van der Waals surface area contributed by atoms with Crippen molar-refractivity contribution in [2.45, 2.75) is 0 Å². The van der Waals surface area contributed by atoms with E-state index in [1.54, 1.807) is 12.1 Å². The molecule has 0 saturated heterocycles. The molecule has 4 nitrogen and oxygen atoms in total. The van der Waals surface area contributed by atoms with E-state index in [0.29, 0.717) is 5.56 Å². The van der Waals surface area contributed by atoms with Gasteiger partial charge >= 0.3 is 0 Å². The van der Waals surface area contributed by atoms with Gasteiger partial charge in [0.15, 0.2) is 0 Å². The summed E-state index contributed by atoms with van der Waals surface area (Å²) in [7, 11) is 0. The quantitative estimate of drug-likeness (QED) is 0.545. The van der Waals surface area contributed by atoms with Gasteiger partial charge in [0.1, 0.15) is 0 Å². The number of fused-ring (bicyclic) bond motifs is 1. The molecule has 0 aliphatic carbocycles. The van der Waals surface area contributed by atoms with Gasteiger partial charge in [0.05, 0.1) is 11.0 Å². The maximum Gasteiger partial charge on any atom is 0.248 e. The summed E-state index contributed by atoms with van der Waals surface area (Å²) in [6.45, 7) is 0. The summed E-state index contributed by atoms with van der Waals surface area (Å²) in [5.74, 6) is -0.401. The van der Waals surface area contributed by atoms with Crippen LogP contribution in [0, 0.1) is 0 Å². The third kappa shape index (κ3) is 0.797. The lowest BCUT2D eigenvalue weighted by Crippen LogP contribution is -2.11. The highest BCUT2D eigenvalue weighted by molar-refractivity contribution is 5.96. The van der Waals surface area contributed by atoms with Crippen molar-refractivity contribution in [2.24, 2.45) is 5.73 Å². The van der Waals surface area contributed by atoms with Crippen LogP contribution in [0.25, 0.3) is 11.0 Å². The number of aromatic amines is 2. The van der Waals surface area contributed by atoms with Gasteiger partial charge in [-0.15, -0.1) is 0 Å². The van der Waals surface area contributed by atoms with Gasteiger partial charge in [-0.3, -0.25) is 15.0 Å². The van der Waals surface area contributed by atoms with Crippen LogP contribution in [0.4, 0.5) is 0 Å². The van der Waals surface area contributed by atoms with Crippen LogP contribution in [-0.4, -0.2) is 16.1 Å². The van der Waals surface area contributed by atoms with E-state index in [9.17, 15) is 4.79 Å². The molecule has 0 saturated carbocycles. The fourth-order valence-electron chi connectivity index (χ4n) is 0.982. The van der Waals surface area contributed by atoms with E-state index in [1.165, 1.54) is 0 Å². The number of primary amides is 1. The summed E-state index contributed by atoms with van der Waals surface area (Å²) in [5.41, 5.74) is 7.51. The number of aromatic nitrogens is 2. The van der Waals surface area contributed by atoms with E-state index in [1.807, 2.05) is 6.07 Å². The normalized spacial score (nSPS) is 10.5. The first-order valence-corrected chi connectivity index (χ1v) is 3.23. The van der Waals surface area contributed by atoms with Gasteiger partial charge in [0.2, 0.25) is 5.91 Å².